The first-order valence-corrected chi connectivity index (χ1v) is 9.23. The summed E-state index contributed by atoms with van der Waals surface area (Å²) in [6.07, 6.45) is 1.58. The summed E-state index contributed by atoms with van der Waals surface area (Å²) in [7, 11) is 1.60. The molecular formula is C22H14Cl2O4. The average molecular weight is 413 g/mol. The quantitative estimate of drug-likeness (QED) is 0.328. The van der Waals surface area contributed by atoms with Gasteiger partial charge >= 0.3 is 5.97 Å². The summed E-state index contributed by atoms with van der Waals surface area (Å²) in [5, 5.41) is 2.48. The van der Waals surface area contributed by atoms with E-state index in [9.17, 15) is 9.59 Å². The Morgan fingerprint density at radius 1 is 0.964 bits per heavy atom. The molecule has 0 bridgehead atoms. The summed E-state index contributed by atoms with van der Waals surface area (Å²) in [6.45, 7) is 0. The number of allylic oxidation sites excluding steroid dienone is 1. The van der Waals surface area contributed by atoms with Crippen molar-refractivity contribution in [3.8, 4) is 5.75 Å². The highest BCUT2D eigenvalue weighted by atomic mass is 35.5. The molecule has 1 saturated heterocycles. The van der Waals surface area contributed by atoms with Gasteiger partial charge in [-0.2, -0.15) is 0 Å². The number of hydrogen-bond acceptors (Lipinski definition) is 4. The van der Waals surface area contributed by atoms with Crippen LogP contribution < -0.4 is 4.74 Å². The number of cyclic esters (lactones) is 1. The molecule has 1 aliphatic rings. The van der Waals surface area contributed by atoms with Crippen LogP contribution in [0.4, 0.5) is 0 Å². The van der Waals surface area contributed by atoms with E-state index >= 15 is 0 Å². The second kappa shape index (κ2) is 7.30. The molecule has 4 rings (SSSR count). The second-order valence-corrected chi connectivity index (χ2v) is 7.21. The third-order valence-electron chi connectivity index (χ3n) is 4.59. The summed E-state index contributed by atoms with van der Waals surface area (Å²) in [4.78, 5) is 25.3. The second-order valence-electron chi connectivity index (χ2n) is 6.33. The molecule has 3 aromatic rings. The zero-order valence-corrected chi connectivity index (χ0v) is 16.3. The number of hydrogen-bond donors (Lipinski definition) is 0. The molecule has 0 N–H and O–H groups in total. The number of carbonyl (C=O) groups is 2. The zero-order chi connectivity index (χ0) is 19.8. The number of rotatable bonds is 3. The first-order chi connectivity index (χ1) is 13.5. The van der Waals surface area contributed by atoms with Gasteiger partial charge in [0.1, 0.15) is 11.7 Å². The topological polar surface area (TPSA) is 52.6 Å². The number of ether oxygens (including phenoxy) is 2. The molecule has 28 heavy (non-hydrogen) atoms. The summed E-state index contributed by atoms with van der Waals surface area (Å²) in [5.41, 5.74) is 1.16. The number of methoxy groups -OCH3 is 1. The molecule has 1 aliphatic heterocycles. The van der Waals surface area contributed by atoms with Gasteiger partial charge in [-0.15, -0.1) is 0 Å². The van der Waals surface area contributed by atoms with Crippen molar-refractivity contribution in [2.75, 3.05) is 7.11 Å². The number of ketones is 1. The highest BCUT2D eigenvalue weighted by Crippen LogP contribution is 2.35. The number of carbonyl (C=O) groups excluding carboxylic acids is 2. The van der Waals surface area contributed by atoms with Gasteiger partial charge in [0.25, 0.3) is 0 Å². The van der Waals surface area contributed by atoms with E-state index in [2.05, 4.69) is 0 Å². The fourth-order valence-electron chi connectivity index (χ4n) is 3.34. The molecular weight excluding hydrogens is 399 g/mol. The number of fused-ring (bicyclic) bond motifs is 1. The molecule has 0 amide bonds. The van der Waals surface area contributed by atoms with Gasteiger partial charge in [0.2, 0.25) is 5.78 Å². The first-order valence-electron chi connectivity index (χ1n) is 8.47. The van der Waals surface area contributed by atoms with Gasteiger partial charge in [-0.1, -0.05) is 53.5 Å². The van der Waals surface area contributed by atoms with Gasteiger partial charge in [0.05, 0.1) is 7.11 Å². The molecule has 1 atom stereocenters. The maximum atomic E-state index is 12.9. The van der Waals surface area contributed by atoms with E-state index in [0.717, 1.165) is 22.1 Å². The van der Waals surface area contributed by atoms with Crippen molar-refractivity contribution in [3.63, 3.8) is 0 Å². The molecule has 6 heteroatoms. The van der Waals surface area contributed by atoms with Crippen LogP contribution >= 0.6 is 23.2 Å². The Labute approximate surface area is 171 Å². The third-order valence-corrected chi connectivity index (χ3v) is 5.03. The minimum Gasteiger partial charge on any atom is -0.496 e. The molecule has 0 aromatic heterocycles. The Balaban J connectivity index is 1.77. The van der Waals surface area contributed by atoms with Gasteiger partial charge in [-0.05, 0) is 46.9 Å². The molecule has 0 aliphatic carbocycles. The van der Waals surface area contributed by atoms with Crippen LogP contribution in [0, 0.1) is 0 Å². The van der Waals surface area contributed by atoms with E-state index in [1.807, 2.05) is 36.4 Å². The van der Waals surface area contributed by atoms with Crippen molar-refractivity contribution in [2.45, 2.75) is 5.92 Å². The zero-order valence-electron chi connectivity index (χ0n) is 14.7. The lowest BCUT2D eigenvalue weighted by Gasteiger charge is -2.08. The Morgan fingerprint density at radius 3 is 2.32 bits per heavy atom. The van der Waals surface area contributed by atoms with Crippen LogP contribution in [-0.4, -0.2) is 18.9 Å². The fourth-order valence-corrected chi connectivity index (χ4v) is 3.88. The third kappa shape index (κ3) is 3.26. The molecule has 1 heterocycles. The van der Waals surface area contributed by atoms with E-state index in [4.69, 9.17) is 32.7 Å². The van der Waals surface area contributed by atoms with Gasteiger partial charge in [0.15, 0.2) is 5.76 Å². The van der Waals surface area contributed by atoms with Crippen LogP contribution in [0.3, 0.4) is 0 Å². The Morgan fingerprint density at radius 2 is 1.64 bits per heavy atom. The lowest BCUT2D eigenvalue weighted by Crippen LogP contribution is -2.12. The summed E-state index contributed by atoms with van der Waals surface area (Å²) in [5.74, 6) is -1.44. The van der Waals surface area contributed by atoms with E-state index in [1.165, 1.54) is 6.07 Å². The molecule has 0 radical (unpaired) electrons. The predicted octanol–water partition coefficient (Wildman–Crippen LogP) is 5.41. The van der Waals surface area contributed by atoms with E-state index in [1.54, 1.807) is 25.3 Å². The van der Waals surface area contributed by atoms with Crippen molar-refractivity contribution in [1.82, 2.24) is 0 Å². The lowest BCUT2D eigenvalue weighted by atomic mass is 9.95. The van der Waals surface area contributed by atoms with Crippen LogP contribution in [-0.2, 0) is 14.3 Å². The van der Waals surface area contributed by atoms with Gasteiger partial charge < -0.3 is 9.47 Å². The summed E-state index contributed by atoms with van der Waals surface area (Å²) in [6, 6.07) is 15.9. The molecule has 140 valence electrons. The van der Waals surface area contributed by atoms with Crippen LogP contribution in [0.25, 0.3) is 16.8 Å². The van der Waals surface area contributed by atoms with Crippen LogP contribution in [0.5, 0.6) is 5.75 Å². The van der Waals surface area contributed by atoms with Gasteiger partial charge in [-0.25, -0.2) is 0 Å². The molecule has 0 spiro atoms. The number of benzene rings is 3. The summed E-state index contributed by atoms with van der Waals surface area (Å²) >= 11 is 12.0. The Bertz CT molecular complexity index is 1130. The SMILES string of the molecule is COc1ccc(/C=C2\OC(=O)C(c3cc(Cl)cc(Cl)c3)C2=O)c2ccccc12. The van der Waals surface area contributed by atoms with Crippen molar-refractivity contribution in [1.29, 1.82) is 0 Å². The molecule has 1 fully saturated rings. The number of esters is 1. The predicted molar refractivity (Wildman–Crippen MR) is 109 cm³/mol. The molecule has 1 unspecified atom stereocenters. The van der Waals surface area contributed by atoms with Crippen LogP contribution in [0.15, 0.2) is 60.4 Å². The summed E-state index contributed by atoms with van der Waals surface area (Å²) < 4.78 is 10.7. The maximum Gasteiger partial charge on any atom is 0.327 e. The maximum absolute atomic E-state index is 12.9. The van der Waals surface area contributed by atoms with Crippen LogP contribution in [0.2, 0.25) is 10.0 Å². The van der Waals surface area contributed by atoms with E-state index < -0.39 is 17.7 Å². The fraction of sp³-hybridized carbons (Fsp3) is 0.0909. The van der Waals surface area contributed by atoms with E-state index in [-0.39, 0.29) is 5.76 Å². The monoisotopic (exact) mass is 412 g/mol. The van der Waals surface area contributed by atoms with Gasteiger partial charge in [0, 0.05) is 15.4 Å². The lowest BCUT2D eigenvalue weighted by molar-refractivity contribution is -0.136. The Kier molecular flexibility index (Phi) is 4.84. The normalized spacial score (nSPS) is 18.0. The van der Waals surface area contributed by atoms with Crippen molar-refractivity contribution in [2.24, 2.45) is 0 Å². The average Bonchev–Trinajstić information content (AvgIpc) is 2.94. The smallest absolute Gasteiger partial charge is 0.327 e. The largest absolute Gasteiger partial charge is 0.496 e. The minimum atomic E-state index is -1.08. The highest BCUT2D eigenvalue weighted by Gasteiger charge is 2.41. The highest BCUT2D eigenvalue weighted by molar-refractivity contribution is 6.35. The van der Waals surface area contributed by atoms with Crippen LogP contribution in [0.1, 0.15) is 17.0 Å². The minimum absolute atomic E-state index is 0.0126. The number of halogens is 2. The molecule has 0 saturated carbocycles. The Hall–Kier alpha value is -2.82. The van der Waals surface area contributed by atoms with Gasteiger partial charge in [-0.3, -0.25) is 9.59 Å². The number of Topliss-reactive ketones (excluding diaryl/α,β-unsaturated/α-hetero) is 1. The van der Waals surface area contributed by atoms with Crippen molar-refractivity contribution >= 4 is 51.8 Å². The van der Waals surface area contributed by atoms with Crippen molar-refractivity contribution in [3.05, 3.63) is 81.5 Å². The first kappa shape index (κ1) is 18.5. The van der Waals surface area contributed by atoms with Crippen molar-refractivity contribution < 1.29 is 19.1 Å². The molecule has 3 aromatic carbocycles. The van der Waals surface area contributed by atoms with E-state index in [0.29, 0.717) is 15.6 Å². The molecule has 4 nitrogen and oxygen atoms in total. The standard InChI is InChI=1S/C22H14Cl2O4/c1-27-18-7-6-12(16-4-2-3-5-17(16)18)10-19-21(25)20(22(26)28-19)13-8-14(23)11-15(24)9-13/h2-11,20H,1H3/b19-10-.